The van der Waals surface area contributed by atoms with Crippen LogP contribution in [0.1, 0.15) is 66.2 Å². The topological polar surface area (TPSA) is 170 Å². The van der Waals surface area contributed by atoms with E-state index >= 15 is 0 Å². The number of carbonyl (C=O) groups is 6. The van der Waals surface area contributed by atoms with Gasteiger partial charge in [0.2, 0.25) is 0 Å². The van der Waals surface area contributed by atoms with Crippen molar-refractivity contribution in [3.8, 4) is 0 Å². The molecular weight excluding hydrogens is 590 g/mol. The molecule has 0 aliphatic rings. The van der Waals surface area contributed by atoms with Gasteiger partial charge in [-0.3, -0.25) is 4.79 Å². The first-order chi connectivity index (χ1) is 21.1. The maximum Gasteiger partial charge on any atom is 0.407 e. The highest BCUT2D eigenvalue weighted by molar-refractivity contribution is 5.82. The number of amides is 1. The number of unbranched alkanes of at least 4 members (excludes halogenated alkanes) is 5. The second-order valence-corrected chi connectivity index (χ2v) is 10.7. The number of hydrogen-bond donors (Lipinski definition) is 1. The van der Waals surface area contributed by atoms with Crippen LogP contribution in [0.15, 0.2) is 50.6 Å². The predicted octanol–water partition coefficient (Wildman–Crippen LogP) is 4.30. The van der Waals surface area contributed by atoms with Crippen LogP contribution in [0.5, 0.6) is 0 Å². The Bertz CT molecular complexity index is 952. The van der Waals surface area contributed by atoms with Crippen molar-refractivity contribution in [3.63, 3.8) is 0 Å². The van der Waals surface area contributed by atoms with Gasteiger partial charge >= 0.3 is 35.9 Å². The number of rotatable bonds is 22. The molecule has 45 heavy (non-hydrogen) atoms. The lowest BCUT2D eigenvalue weighted by atomic mass is 9.96. The summed E-state index contributed by atoms with van der Waals surface area (Å²) in [5.41, 5.74) is -1.59. The lowest BCUT2D eigenvalue weighted by Crippen LogP contribution is -2.53. The van der Waals surface area contributed by atoms with Gasteiger partial charge in [0.25, 0.3) is 0 Å². The van der Waals surface area contributed by atoms with Gasteiger partial charge in [-0.1, -0.05) is 65.8 Å². The molecular formula is C32H49NO12. The molecule has 0 atom stereocenters. The molecule has 0 saturated carbocycles. The molecule has 0 spiro atoms. The number of nitrogens with one attached hydrogen (secondary N) is 1. The molecule has 0 bridgehead atoms. The van der Waals surface area contributed by atoms with Crippen molar-refractivity contribution in [3.05, 3.63) is 50.6 Å². The minimum Gasteiger partial charge on any atom is -0.466 e. The van der Waals surface area contributed by atoms with E-state index in [0.29, 0.717) is 13.0 Å². The fourth-order valence-corrected chi connectivity index (χ4v) is 2.96. The molecule has 13 heteroatoms. The van der Waals surface area contributed by atoms with E-state index in [4.69, 9.17) is 28.4 Å². The number of esters is 5. The molecule has 1 N–H and O–H groups in total. The average Bonchev–Trinajstić information content (AvgIpc) is 3.01. The molecule has 1 amide bonds. The first-order valence-corrected chi connectivity index (χ1v) is 14.4. The number of ether oxygens (including phenoxy) is 6. The van der Waals surface area contributed by atoms with Crippen LogP contribution >= 0.6 is 0 Å². The van der Waals surface area contributed by atoms with E-state index in [-0.39, 0.29) is 39.0 Å². The molecule has 0 unspecified atom stereocenters. The molecule has 254 valence electrons. The van der Waals surface area contributed by atoms with Crippen molar-refractivity contribution >= 4 is 35.9 Å². The van der Waals surface area contributed by atoms with Crippen molar-refractivity contribution in [2.45, 2.75) is 71.8 Å². The summed E-state index contributed by atoms with van der Waals surface area (Å²) in [5.74, 6) is -2.57. The summed E-state index contributed by atoms with van der Waals surface area (Å²) >= 11 is 0. The number of hydrogen-bond acceptors (Lipinski definition) is 12. The van der Waals surface area contributed by atoms with Crippen LogP contribution in [0.4, 0.5) is 4.79 Å². The van der Waals surface area contributed by atoms with Gasteiger partial charge in [-0.2, -0.15) is 0 Å². The molecule has 0 aromatic heterocycles. The Hall–Kier alpha value is -4.42. The molecule has 13 nitrogen and oxygen atoms in total. The maximum absolute atomic E-state index is 12.1. The van der Waals surface area contributed by atoms with Gasteiger partial charge in [-0.05, 0) is 19.8 Å². The van der Waals surface area contributed by atoms with Crippen LogP contribution in [0.3, 0.4) is 0 Å². The molecule has 0 heterocycles. The Kier molecular flexibility index (Phi) is 23.7. The Morgan fingerprint density at radius 2 is 0.867 bits per heavy atom. The van der Waals surface area contributed by atoms with Crippen molar-refractivity contribution in [1.29, 1.82) is 0 Å². The lowest BCUT2D eigenvalue weighted by Gasteiger charge is -2.29. The lowest BCUT2D eigenvalue weighted by molar-refractivity contribution is -0.147. The average molecular weight is 640 g/mol. The maximum atomic E-state index is 12.1. The summed E-state index contributed by atoms with van der Waals surface area (Å²) in [6, 6.07) is 0. The minimum absolute atomic E-state index is 0.169. The summed E-state index contributed by atoms with van der Waals surface area (Å²) < 4.78 is 29.6. The zero-order valence-electron chi connectivity index (χ0n) is 27.0. The third-order valence-corrected chi connectivity index (χ3v) is 5.42. The molecule has 0 aliphatic heterocycles. The summed E-state index contributed by atoms with van der Waals surface area (Å²) in [6.07, 6.45) is 8.85. The minimum atomic E-state index is -1.17. The molecule has 0 radical (unpaired) electrons. The van der Waals surface area contributed by atoms with Crippen LogP contribution < -0.4 is 5.32 Å². The van der Waals surface area contributed by atoms with Crippen molar-refractivity contribution in [1.82, 2.24) is 5.32 Å². The van der Waals surface area contributed by atoms with Crippen LogP contribution in [0.2, 0.25) is 0 Å². The van der Waals surface area contributed by atoms with Gasteiger partial charge in [0.15, 0.2) is 0 Å². The zero-order chi connectivity index (χ0) is 34.7. The van der Waals surface area contributed by atoms with Crippen LogP contribution in [0.25, 0.3) is 0 Å². The molecule has 0 fully saturated rings. The Balaban J connectivity index is 0. The second-order valence-electron chi connectivity index (χ2n) is 10.7. The number of carbonyl (C=O) groups excluding carboxylic acids is 6. The molecule has 0 aliphatic carbocycles. The highest BCUT2D eigenvalue weighted by Crippen LogP contribution is 2.16. The Labute approximate surface area is 266 Å². The summed E-state index contributed by atoms with van der Waals surface area (Å²) in [7, 11) is 0. The fraction of sp³-hybridized carbons (Fsp3) is 0.562. The fourth-order valence-electron chi connectivity index (χ4n) is 2.96. The largest absolute Gasteiger partial charge is 0.466 e. The van der Waals surface area contributed by atoms with Gasteiger partial charge in [0.1, 0.15) is 18.8 Å². The Morgan fingerprint density at radius 3 is 1.22 bits per heavy atom. The second kappa shape index (κ2) is 25.0. The van der Waals surface area contributed by atoms with E-state index in [1.165, 1.54) is 6.92 Å². The van der Waals surface area contributed by atoms with Gasteiger partial charge in [0, 0.05) is 36.6 Å². The van der Waals surface area contributed by atoms with Gasteiger partial charge in [0.05, 0.1) is 26.4 Å². The van der Waals surface area contributed by atoms with Crippen molar-refractivity contribution in [2.75, 3.05) is 39.6 Å². The zero-order valence-corrected chi connectivity index (χ0v) is 27.0. The van der Waals surface area contributed by atoms with E-state index in [9.17, 15) is 28.8 Å². The van der Waals surface area contributed by atoms with Crippen molar-refractivity contribution in [2.24, 2.45) is 5.41 Å². The SMILES string of the molecule is C=CC(=O)OCC(C)(C)COC(=O)C=C.C=CC(=O)OCC(C)(COC(=O)C=C)NC(=O)OCCCCCCCCOC(C)=O. The summed E-state index contributed by atoms with van der Waals surface area (Å²) in [5, 5.41) is 2.56. The molecule has 0 saturated heterocycles. The highest BCUT2D eigenvalue weighted by Gasteiger charge is 2.31. The monoisotopic (exact) mass is 639 g/mol. The Morgan fingerprint density at radius 1 is 0.533 bits per heavy atom. The normalized spacial score (nSPS) is 10.4. The standard InChI is InChI=1S/C21H33NO8.C11H16O4/c1-5-18(24)29-15-21(4,16-30-19(25)6-2)22-20(26)28-14-12-10-8-7-9-11-13-27-17(3)23;1-5-9(12)14-7-11(3,4)8-15-10(13)6-2/h5-6H,1-2,7-16H2,3-4H3,(H,22,26);5-6H,1-2,7-8H2,3-4H3. The quantitative estimate of drug-likeness (QED) is 0.0772. The van der Waals surface area contributed by atoms with Crippen molar-refractivity contribution < 1.29 is 57.2 Å². The predicted molar refractivity (Wildman–Crippen MR) is 166 cm³/mol. The molecule has 0 aromatic carbocycles. The third kappa shape index (κ3) is 26.9. The van der Waals surface area contributed by atoms with E-state index in [0.717, 1.165) is 56.4 Å². The van der Waals surface area contributed by atoms with Gasteiger partial charge in [-0.25, -0.2) is 24.0 Å². The molecule has 0 aromatic rings. The highest BCUT2D eigenvalue weighted by atomic mass is 16.6. The van der Waals surface area contributed by atoms with Gasteiger partial charge < -0.3 is 33.7 Å². The van der Waals surface area contributed by atoms with Crippen LogP contribution in [0, 0.1) is 5.41 Å². The van der Waals surface area contributed by atoms with Crippen LogP contribution in [-0.2, 0) is 52.4 Å². The van der Waals surface area contributed by atoms with Gasteiger partial charge in [-0.15, -0.1) is 0 Å². The first kappa shape index (κ1) is 42.7. The van der Waals surface area contributed by atoms with Crippen LogP contribution in [-0.4, -0.2) is 81.1 Å². The number of alkyl carbamates (subject to hydrolysis) is 1. The van der Waals surface area contributed by atoms with E-state index in [1.807, 2.05) is 13.8 Å². The smallest absolute Gasteiger partial charge is 0.407 e. The molecule has 0 rings (SSSR count). The first-order valence-electron chi connectivity index (χ1n) is 14.4. The van der Waals surface area contributed by atoms with E-state index < -0.39 is 40.9 Å². The third-order valence-electron chi connectivity index (χ3n) is 5.42. The summed E-state index contributed by atoms with van der Waals surface area (Å²) in [6.45, 7) is 20.3. The summed E-state index contributed by atoms with van der Waals surface area (Å²) in [4.78, 5) is 66.9. The van der Waals surface area contributed by atoms with E-state index in [1.54, 1.807) is 6.92 Å². The van der Waals surface area contributed by atoms with E-state index in [2.05, 4.69) is 31.6 Å².